The number of piperidine rings is 1. The highest BCUT2D eigenvalue weighted by atomic mass is 32.2. The summed E-state index contributed by atoms with van der Waals surface area (Å²) in [6.07, 6.45) is 2.77. The number of carbonyl (C=O) groups is 5. The number of nitrogens with zero attached hydrogens (tertiary/aromatic N) is 6. The molecular formula is C28H38N8O7S. The number of fused-ring (bicyclic) bond motifs is 2. The number of thioether (sulfide) groups is 1. The van der Waals surface area contributed by atoms with Crippen molar-refractivity contribution in [3.63, 3.8) is 0 Å². The molecule has 1 aromatic rings. The molecule has 238 valence electrons. The Morgan fingerprint density at radius 3 is 2.75 bits per heavy atom. The zero-order chi connectivity index (χ0) is 31.3. The number of β-lactam (4-membered cyclic amide) rings is 1. The number of rotatable bonds is 11. The molecule has 4 fully saturated rings. The molecule has 2 unspecified atom stereocenters. The molecule has 4 saturated heterocycles. The Hall–Kier alpha value is -3.21. The molecule has 5 aliphatic heterocycles. The molecular weight excluding hydrogens is 592 g/mol. The van der Waals surface area contributed by atoms with Crippen molar-refractivity contribution in [3.8, 4) is 0 Å². The summed E-state index contributed by atoms with van der Waals surface area (Å²) in [5.74, 6) is -4.11. The number of ketones is 2. The lowest BCUT2D eigenvalue weighted by Crippen LogP contribution is -2.62. The Balaban J connectivity index is 1.13. The van der Waals surface area contributed by atoms with E-state index in [9.17, 15) is 34.2 Å². The highest BCUT2D eigenvalue weighted by Gasteiger charge is 2.60. The summed E-state index contributed by atoms with van der Waals surface area (Å²) in [7, 11) is 0. The van der Waals surface area contributed by atoms with Crippen LogP contribution < -0.4 is 10.6 Å². The van der Waals surface area contributed by atoms with Crippen molar-refractivity contribution in [2.24, 2.45) is 29.1 Å². The lowest BCUT2D eigenvalue weighted by Gasteiger charge is -2.48. The Morgan fingerprint density at radius 2 is 2.05 bits per heavy atom. The number of aliphatic carboxylic acids is 1. The van der Waals surface area contributed by atoms with Gasteiger partial charge in [0.05, 0.1) is 24.6 Å². The van der Waals surface area contributed by atoms with E-state index in [1.165, 1.54) is 27.7 Å². The van der Waals surface area contributed by atoms with E-state index in [4.69, 9.17) is 0 Å². The van der Waals surface area contributed by atoms with Crippen LogP contribution in [0.4, 0.5) is 0 Å². The first-order valence-electron chi connectivity index (χ1n) is 15.1. The van der Waals surface area contributed by atoms with Gasteiger partial charge in [-0.05, 0) is 41.6 Å². The van der Waals surface area contributed by atoms with Gasteiger partial charge >= 0.3 is 5.97 Å². The Bertz CT molecular complexity index is 1390. The predicted octanol–water partition coefficient (Wildman–Crippen LogP) is -1.50. The van der Waals surface area contributed by atoms with E-state index in [1.807, 2.05) is 18.7 Å². The first kappa shape index (κ1) is 30.8. The van der Waals surface area contributed by atoms with E-state index < -0.39 is 29.8 Å². The van der Waals surface area contributed by atoms with Crippen LogP contribution in [0.1, 0.15) is 33.1 Å². The minimum absolute atomic E-state index is 0.0132. The molecule has 0 saturated carbocycles. The highest BCUT2D eigenvalue weighted by Crippen LogP contribution is 2.53. The molecule has 0 bridgehead atoms. The van der Waals surface area contributed by atoms with Crippen LogP contribution in [0.25, 0.3) is 0 Å². The Labute approximate surface area is 258 Å². The largest absolute Gasteiger partial charge is 0.475 e. The van der Waals surface area contributed by atoms with Crippen molar-refractivity contribution in [1.29, 1.82) is 0 Å². The van der Waals surface area contributed by atoms with Crippen molar-refractivity contribution in [3.05, 3.63) is 16.9 Å². The van der Waals surface area contributed by atoms with Crippen molar-refractivity contribution in [2.45, 2.75) is 57.0 Å². The third kappa shape index (κ3) is 5.24. The fourth-order valence-electron chi connectivity index (χ4n) is 7.89. The number of amides is 2. The molecule has 2 amide bonds. The van der Waals surface area contributed by atoms with Gasteiger partial charge in [0, 0.05) is 54.1 Å². The van der Waals surface area contributed by atoms with Crippen LogP contribution in [-0.4, -0.2) is 126 Å². The molecule has 4 N–H and O–H groups in total. The lowest BCUT2D eigenvalue weighted by molar-refractivity contribution is -0.159. The van der Waals surface area contributed by atoms with Crippen LogP contribution >= 0.6 is 11.8 Å². The number of carboxylic acid groups (broad SMARTS) is 1. The van der Waals surface area contributed by atoms with Gasteiger partial charge in [-0.15, -0.1) is 16.9 Å². The summed E-state index contributed by atoms with van der Waals surface area (Å²) in [4.78, 5) is 68.1. The maximum absolute atomic E-state index is 13.5. The van der Waals surface area contributed by atoms with Crippen LogP contribution in [0.15, 0.2) is 16.9 Å². The minimum atomic E-state index is -1.63. The Kier molecular flexibility index (Phi) is 8.36. The molecule has 6 heterocycles. The summed E-state index contributed by atoms with van der Waals surface area (Å²) >= 11 is 1.37. The van der Waals surface area contributed by atoms with Gasteiger partial charge in [-0.3, -0.25) is 19.2 Å². The number of likely N-dealkylation sites (tertiary alicyclic amines) is 1. The second-order valence-corrected chi connectivity index (χ2v) is 14.3. The minimum Gasteiger partial charge on any atom is -0.475 e. The van der Waals surface area contributed by atoms with Crippen LogP contribution in [0.3, 0.4) is 0 Å². The maximum Gasteiger partial charge on any atom is 0.378 e. The zero-order valence-corrected chi connectivity index (χ0v) is 25.5. The molecule has 0 aliphatic carbocycles. The molecule has 16 heteroatoms. The van der Waals surface area contributed by atoms with Gasteiger partial charge in [-0.25, -0.2) is 9.48 Å². The van der Waals surface area contributed by atoms with Crippen molar-refractivity contribution in [2.75, 3.05) is 39.3 Å². The third-order valence-electron chi connectivity index (χ3n) is 10.2. The van der Waals surface area contributed by atoms with Crippen LogP contribution in [0.2, 0.25) is 0 Å². The average molecular weight is 631 g/mol. The first-order chi connectivity index (χ1) is 21.0. The van der Waals surface area contributed by atoms with Crippen molar-refractivity contribution in [1.82, 2.24) is 40.6 Å². The van der Waals surface area contributed by atoms with Gasteiger partial charge in [0.2, 0.25) is 11.8 Å². The smallest absolute Gasteiger partial charge is 0.378 e. The van der Waals surface area contributed by atoms with E-state index >= 15 is 0 Å². The van der Waals surface area contributed by atoms with Crippen LogP contribution in [0.5, 0.6) is 0 Å². The number of aliphatic hydroxyl groups is 1. The zero-order valence-electron chi connectivity index (χ0n) is 24.7. The molecule has 44 heavy (non-hydrogen) atoms. The van der Waals surface area contributed by atoms with Crippen molar-refractivity contribution >= 4 is 41.1 Å². The normalized spacial score (nSPS) is 33.7. The van der Waals surface area contributed by atoms with E-state index in [-0.39, 0.29) is 65.4 Å². The van der Waals surface area contributed by atoms with Gasteiger partial charge in [-0.1, -0.05) is 13.8 Å². The highest BCUT2D eigenvalue weighted by molar-refractivity contribution is 8.03. The van der Waals surface area contributed by atoms with Gasteiger partial charge in [0.1, 0.15) is 18.6 Å². The number of tetrazole rings is 1. The van der Waals surface area contributed by atoms with E-state index in [2.05, 4.69) is 26.2 Å². The summed E-state index contributed by atoms with van der Waals surface area (Å²) in [5, 5.41) is 37.1. The number of carboxylic acids is 1. The summed E-state index contributed by atoms with van der Waals surface area (Å²) in [5.41, 5.74) is -0.410. The lowest BCUT2D eigenvalue weighted by atomic mass is 9.73. The topological polar surface area (TPSA) is 200 Å². The number of aromatic nitrogens is 4. The van der Waals surface area contributed by atoms with Gasteiger partial charge in [0.25, 0.3) is 5.78 Å². The van der Waals surface area contributed by atoms with E-state index in [0.717, 1.165) is 13.0 Å². The number of hydrogen-bond acceptors (Lipinski definition) is 12. The summed E-state index contributed by atoms with van der Waals surface area (Å²) in [6.45, 7) is 6.88. The van der Waals surface area contributed by atoms with Gasteiger partial charge in [-0.2, -0.15) is 0 Å². The summed E-state index contributed by atoms with van der Waals surface area (Å²) < 4.78 is 1.31. The number of hydrogen-bond donors (Lipinski definition) is 4. The Morgan fingerprint density at radius 1 is 1.25 bits per heavy atom. The molecule has 5 aliphatic rings. The number of nitrogens with one attached hydrogen (secondary N) is 2. The molecule has 6 rings (SSSR count). The molecule has 15 nitrogen and oxygen atoms in total. The quantitative estimate of drug-likeness (QED) is 0.163. The molecule has 1 aromatic heterocycles. The van der Waals surface area contributed by atoms with Gasteiger partial charge in [0.15, 0.2) is 5.78 Å². The number of Topliss-reactive ketones (excluding diaryl/α,β-unsaturated/α-hetero) is 2. The number of carbonyl (C=O) groups excluding carboxylic acids is 4. The predicted molar refractivity (Wildman–Crippen MR) is 154 cm³/mol. The summed E-state index contributed by atoms with van der Waals surface area (Å²) in [6, 6.07) is -0.857. The SMILES string of the molecule is C[C@@H](CC(=O)Cn1cnnn1)[C@H]1C(=O)N2C(C(=O)C(=O)O)=C(S[C@@H]3CN[C@H](C(=O)N4CCC5CNCC5(CO)C4)C3)[C@H](C)[C@H]12. The van der Waals surface area contributed by atoms with Crippen molar-refractivity contribution < 1.29 is 34.2 Å². The average Bonchev–Trinajstić information content (AvgIpc) is 3.79. The number of aliphatic hydroxyl groups excluding tert-OH is 1. The van der Waals surface area contributed by atoms with Gasteiger partial charge < -0.3 is 30.6 Å². The second kappa shape index (κ2) is 11.9. The maximum atomic E-state index is 13.5. The standard InChI is InChI=1S/C28H38N8O7S/c1-14(5-17(38)9-35-13-31-32-33-35)20-21-15(2)24(22(23(39)27(42)43)36(21)26(20)41)44-18-6-19(30-8-18)25(40)34-4-3-16-7-29-10-28(16,11-34)12-37/h13-16,18-21,29-30,37H,3-12H2,1-2H3,(H,42,43)/t14-,15+,16?,18-,19-,20+,21+,28?/m0/s1. The second-order valence-electron chi connectivity index (χ2n) is 12.9. The fourth-order valence-corrected chi connectivity index (χ4v) is 9.37. The van der Waals surface area contributed by atoms with E-state index in [1.54, 1.807) is 0 Å². The molecule has 0 aromatic carbocycles. The fraction of sp³-hybridized carbons (Fsp3) is 0.714. The monoisotopic (exact) mass is 630 g/mol. The molecule has 8 atom stereocenters. The van der Waals surface area contributed by atoms with E-state index in [0.29, 0.717) is 43.4 Å². The van der Waals surface area contributed by atoms with Crippen LogP contribution in [0, 0.1) is 29.1 Å². The van der Waals surface area contributed by atoms with Crippen LogP contribution in [-0.2, 0) is 30.5 Å². The molecule has 0 radical (unpaired) electrons. The third-order valence-corrected chi connectivity index (χ3v) is 11.7. The molecule has 0 spiro atoms. The first-order valence-corrected chi connectivity index (χ1v) is 16.0.